The van der Waals surface area contributed by atoms with E-state index in [1.54, 1.807) is 37.1 Å². The molecule has 110 valence electrons. The Balaban J connectivity index is 2.16. The van der Waals surface area contributed by atoms with Crippen LogP contribution in [-0.2, 0) is 23.2 Å². The van der Waals surface area contributed by atoms with Crippen LogP contribution in [0.1, 0.15) is 18.3 Å². The Morgan fingerprint density at radius 1 is 1.55 bits per heavy atom. The molecule has 8 nitrogen and oxygen atoms in total. The van der Waals surface area contributed by atoms with Crippen molar-refractivity contribution < 1.29 is 13.5 Å². The first-order valence-electron chi connectivity index (χ1n) is 6.07. The second kappa shape index (κ2) is 5.73. The van der Waals surface area contributed by atoms with E-state index in [0.29, 0.717) is 12.2 Å². The lowest BCUT2D eigenvalue weighted by atomic mass is 10.4. The fourth-order valence-corrected chi connectivity index (χ4v) is 3.60. The molecule has 0 radical (unpaired) electrons. The molecule has 2 heterocycles. The van der Waals surface area contributed by atoms with Crippen molar-refractivity contribution in [1.29, 1.82) is 0 Å². The van der Waals surface area contributed by atoms with Crippen molar-refractivity contribution in [3.63, 3.8) is 0 Å². The molecule has 1 unspecified atom stereocenters. The maximum Gasteiger partial charge on any atom is 0.244 e. The van der Waals surface area contributed by atoms with Crippen molar-refractivity contribution in [2.45, 2.75) is 37.9 Å². The molecule has 0 saturated heterocycles. The number of rotatable bonds is 6. The number of aliphatic hydroxyl groups excluding tert-OH is 1. The van der Waals surface area contributed by atoms with Crippen LogP contribution in [0.25, 0.3) is 0 Å². The van der Waals surface area contributed by atoms with Crippen molar-refractivity contribution in [2.75, 3.05) is 0 Å². The number of aryl methyl sites for hydroxylation is 1. The van der Waals surface area contributed by atoms with Gasteiger partial charge in [-0.25, -0.2) is 18.1 Å². The molecule has 0 spiro atoms. The van der Waals surface area contributed by atoms with Crippen LogP contribution in [0.3, 0.4) is 0 Å². The summed E-state index contributed by atoms with van der Waals surface area (Å²) in [4.78, 5) is 3.91. The van der Waals surface area contributed by atoms with Crippen molar-refractivity contribution in [3.8, 4) is 0 Å². The van der Waals surface area contributed by atoms with Gasteiger partial charge in [-0.2, -0.15) is 5.10 Å². The number of hydrogen-bond acceptors (Lipinski definition) is 5. The highest BCUT2D eigenvalue weighted by Gasteiger charge is 2.25. The van der Waals surface area contributed by atoms with E-state index in [1.807, 2.05) is 0 Å². The van der Waals surface area contributed by atoms with Crippen molar-refractivity contribution in [2.24, 2.45) is 0 Å². The van der Waals surface area contributed by atoms with E-state index in [4.69, 9.17) is 5.11 Å². The molecule has 9 heteroatoms. The Labute approximate surface area is 116 Å². The Hall–Kier alpha value is -1.71. The first kappa shape index (κ1) is 14.7. The summed E-state index contributed by atoms with van der Waals surface area (Å²) in [7, 11) is -3.73. The van der Waals surface area contributed by atoms with E-state index >= 15 is 0 Å². The molecular weight excluding hydrogens is 282 g/mol. The molecule has 0 amide bonds. The zero-order chi connectivity index (χ0) is 14.8. The van der Waals surface area contributed by atoms with E-state index in [9.17, 15) is 8.42 Å². The van der Waals surface area contributed by atoms with Crippen molar-refractivity contribution >= 4 is 10.0 Å². The number of imidazole rings is 1. The zero-order valence-electron chi connectivity index (χ0n) is 11.2. The van der Waals surface area contributed by atoms with Gasteiger partial charge in [0.05, 0.1) is 18.6 Å². The van der Waals surface area contributed by atoms with Gasteiger partial charge in [-0.05, 0) is 13.8 Å². The van der Waals surface area contributed by atoms with E-state index in [-0.39, 0.29) is 16.6 Å². The number of aliphatic hydroxyl groups is 1. The summed E-state index contributed by atoms with van der Waals surface area (Å²) in [5.41, 5.74) is 0.515. The van der Waals surface area contributed by atoms with Gasteiger partial charge < -0.3 is 9.67 Å². The number of aromatic amines is 1. The Bertz CT molecular complexity index is 662. The lowest BCUT2D eigenvalue weighted by Gasteiger charge is -2.15. The number of nitrogens with one attached hydrogen (secondary N) is 2. The smallest absolute Gasteiger partial charge is 0.244 e. The van der Waals surface area contributed by atoms with Gasteiger partial charge in [-0.3, -0.25) is 5.10 Å². The molecule has 0 saturated carbocycles. The van der Waals surface area contributed by atoms with Crippen LogP contribution in [0.15, 0.2) is 23.6 Å². The predicted octanol–water partition coefficient (Wildman–Crippen LogP) is -0.226. The van der Waals surface area contributed by atoms with Crippen LogP contribution in [0.2, 0.25) is 0 Å². The minimum absolute atomic E-state index is 0.0116. The third-order valence-corrected chi connectivity index (χ3v) is 4.57. The molecule has 0 aliphatic carbocycles. The normalized spacial score (nSPS) is 13.6. The Morgan fingerprint density at radius 3 is 2.90 bits per heavy atom. The molecule has 1 atom stereocenters. The van der Waals surface area contributed by atoms with Crippen LogP contribution >= 0.6 is 0 Å². The summed E-state index contributed by atoms with van der Waals surface area (Å²) in [5, 5.41) is 15.5. The maximum atomic E-state index is 12.3. The van der Waals surface area contributed by atoms with Crippen LogP contribution in [0.4, 0.5) is 0 Å². The molecule has 2 aromatic rings. The van der Waals surface area contributed by atoms with E-state index in [0.717, 1.165) is 0 Å². The molecule has 3 N–H and O–H groups in total. The van der Waals surface area contributed by atoms with Gasteiger partial charge >= 0.3 is 0 Å². The van der Waals surface area contributed by atoms with Gasteiger partial charge in [0.2, 0.25) is 10.0 Å². The fraction of sp³-hybridized carbons (Fsp3) is 0.455. The summed E-state index contributed by atoms with van der Waals surface area (Å²) < 4.78 is 29.0. The van der Waals surface area contributed by atoms with E-state index < -0.39 is 16.6 Å². The lowest BCUT2D eigenvalue weighted by molar-refractivity contribution is 0.273. The largest absolute Gasteiger partial charge is 0.390 e. The molecule has 20 heavy (non-hydrogen) atoms. The first-order chi connectivity index (χ1) is 9.44. The molecule has 0 aromatic carbocycles. The van der Waals surface area contributed by atoms with Gasteiger partial charge in [0.15, 0.2) is 0 Å². The third kappa shape index (κ3) is 3.06. The Morgan fingerprint density at radius 2 is 2.30 bits per heavy atom. The average molecular weight is 299 g/mol. The SMILES string of the molecule is Cc1[nH]nc(CO)c1S(=O)(=O)NC(C)Cn1ccnc1. The quantitative estimate of drug-likeness (QED) is 0.682. The summed E-state index contributed by atoms with van der Waals surface area (Å²) in [6, 6.07) is -0.324. The maximum absolute atomic E-state index is 12.3. The molecule has 0 bridgehead atoms. The number of nitrogens with zero attached hydrogens (tertiary/aromatic N) is 3. The van der Waals surface area contributed by atoms with Crippen LogP contribution in [-0.4, -0.2) is 39.3 Å². The highest BCUT2D eigenvalue weighted by atomic mass is 32.2. The molecular formula is C11H17N5O3S. The first-order valence-corrected chi connectivity index (χ1v) is 7.55. The molecule has 0 aliphatic rings. The van der Waals surface area contributed by atoms with Crippen molar-refractivity contribution in [1.82, 2.24) is 24.5 Å². The summed E-state index contributed by atoms with van der Waals surface area (Å²) in [6.45, 7) is 3.38. The molecule has 0 aliphatic heterocycles. The van der Waals surface area contributed by atoms with Crippen LogP contribution in [0, 0.1) is 6.92 Å². The molecule has 0 fully saturated rings. The Kier molecular flexibility index (Phi) is 4.21. The van der Waals surface area contributed by atoms with Gasteiger partial charge in [-0.15, -0.1) is 0 Å². The van der Waals surface area contributed by atoms with Crippen LogP contribution in [0.5, 0.6) is 0 Å². The number of H-pyrrole nitrogens is 1. The topological polar surface area (TPSA) is 113 Å². The highest BCUT2D eigenvalue weighted by molar-refractivity contribution is 7.89. The van der Waals surface area contributed by atoms with Gasteiger partial charge in [0.1, 0.15) is 10.6 Å². The van der Waals surface area contributed by atoms with E-state index in [2.05, 4.69) is 19.9 Å². The second-order valence-corrected chi connectivity index (χ2v) is 6.22. The predicted molar refractivity (Wildman–Crippen MR) is 71.3 cm³/mol. The summed E-state index contributed by atoms with van der Waals surface area (Å²) in [6.07, 6.45) is 5.01. The second-order valence-electron chi connectivity index (χ2n) is 4.56. The lowest BCUT2D eigenvalue weighted by Crippen LogP contribution is -2.36. The highest BCUT2D eigenvalue weighted by Crippen LogP contribution is 2.17. The summed E-state index contributed by atoms with van der Waals surface area (Å²) in [5.74, 6) is 0. The molecule has 2 aromatic heterocycles. The van der Waals surface area contributed by atoms with Gasteiger partial charge in [0.25, 0.3) is 0 Å². The summed E-state index contributed by atoms with van der Waals surface area (Å²) >= 11 is 0. The number of sulfonamides is 1. The standard InChI is InChI=1S/C11H17N5O3S/c1-8(5-16-4-3-12-7-16)15-20(18,19)11-9(2)13-14-10(11)6-17/h3-4,7-8,15,17H,5-6H2,1-2H3,(H,13,14). The van der Waals surface area contributed by atoms with Crippen molar-refractivity contribution in [3.05, 3.63) is 30.1 Å². The van der Waals surface area contributed by atoms with E-state index in [1.165, 1.54) is 0 Å². The van der Waals surface area contributed by atoms with Crippen LogP contribution < -0.4 is 4.72 Å². The molecule has 2 rings (SSSR count). The number of aromatic nitrogens is 4. The minimum atomic E-state index is -3.73. The zero-order valence-corrected chi connectivity index (χ0v) is 12.1. The third-order valence-electron chi connectivity index (χ3n) is 2.78. The minimum Gasteiger partial charge on any atom is -0.390 e. The van der Waals surface area contributed by atoms with Gasteiger partial charge in [-0.1, -0.05) is 0 Å². The van der Waals surface area contributed by atoms with Gasteiger partial charge in [0, 0.05) is 25.0 Å². The number of hydrogen-bond donors (Lipinski definition) is 3. The average Bonchev–Trinajstić information content (AvgIpc) is 2.97. The fourth-order valence-electron chi connectivity index (χ4n) is 2.01. The monoisotopic (exact) mass is 299 g/mol.